The van der Waals surface area contributed by atoms with Gasteiger partial charge in [-0.1, -0.05) is 6.92 Å². The Bertz CT molecular complexity index is 234. The molecule has 1 aliphatic rings. The number of hydrogen-bond donors (Lipinski definition) is 1. The van der Waals surface area contributed by atoms with Crippen molar-refractivity contribution in [3.8, 4) is 6.07 Å². The highest BCUT2D eigenvalue weighted by atomic mass is 16.2. The first-order chi connectivity index (χ1) is 6.19. The molecular weight excluding hydrogens is 166 g/mol. The number of likely N-dealkylation sites (tertiary alicyclic amines) is 1. The fourth-order valence-corrected chi connectivity index (χ4v) is 1.69. The van der Waals surface area contributed by atoms with Crippen LogP contribution < -0.4 is 5.73 Å². The molecule has 2 N–H and O–H groups in total. The molecule has 0 bridgehead atoms. The van der Waals surface area contributed by atoms with Gasteiger partial charge < -0.3 is 10.6 Å². The summed E-state index contributed by atoms with van der Waals surface area (Å²) in [5, 5.41) is 8.56. The molecule has 0 saturated carbocycles. The van der Waals surface area contributed by atoms with Crippen molar-refractivity contribution in [1.29, 1.82) is 5.26 Å². The fraction of sp³-hybridized carbons (Fsp3) is 0.778. The molecule has 0 aliphatic carbocycles. The standard InChI is InChI=1S/C9H15N3O/c1-2-8(3-4-10)12-6-7(11)5-9(12)13/h7-8H,2-3,5-6,11H2,1H3. The van der Waals surface area contributed by atoms with E-state index in [-0.39, 0.29) is 18.0 Å². The quantitative estimate of drug-likeness (QED) is 0.678. The van der Waals surface area contributed by atoms with Gasteiger partial charge in [0.1, 0.15) is 0 Å². The number of carbonyl (C=O) groups is 1. The highest BCUT2D eigenvalue weighted by molar-refractivity contribution is 5.79. The molecule has 1 fully saturated rings. The van der Waals surface area contributed by atoms with E-state index in [2.05, 4.69) is 6.07 Å². The van der Waals surface area contributed by atoms with Gasteiger partial charge in [-0.15, -0.1) is 0 Å². The van der Waals surface area contributed by atoms with E-state index in [1.165, 1.54) is 0 Å². The van der Waals surface area contributed by atoms with E-state index in [1.54, 1.807) is 4.90 Å². The minimum absolute atomic E-state index is 0.0414. The molecule has 1 rings (SSSR count). The lowest BCUT2D eigenvalue weighted by molar-refractivity contribution is -0.129. The minimum Gasteiger partial charge on any atom is -0.337 e. The fourth-order valence-electron chi connectivity index (χ4n) is 1.69. The van der Waals surface area contributed by atoms with E-state index >= 15 is 0 Å². The van der Waals surface area contributed by atoms with Gasteiger partial charge >= 0.3 is 0 Å². The van der Waals surface area contributed by atoms with Crippen LogP contribution >= 0.6 is 0 Å². The van der Waals surface area contributed by atoms with Crippen LogP contribution in [-0.2, 0) is 4.79 Å². The topological polar surface area (TPSA) is 70.1 Å². The number of rotatable bonds is 3. The smallest absolute Gasteiger partial charge is 0.224 e. The Kier molecular flexibility index (Phi) is 3.26. The van der Waals surface area contributed by atoms with Crippen molar-refractivity contribution < 1.29 is 4.79 Å². The predicted octanol–water partition coefficient (Wildman–Crippen LogP) is 0.238. The Morgan fingerprint density at radius 3 is 2.92 bits per heavy atom. The van der Waals surface area contributed by atoms with E-state index in [0.29, 0.717) is 19.4 Å². The number of carbonyl (C=O) groups excluding carboxylic acids is 1. The summed E-state index contributed by atoms with van der Waals surface area (Å²) in [5.74, 6) is 0.0922. The first-order valence-corrected chi connectivity index (χ1v) is 4.61. The van der Waals surface area contributed by atoms with Crippen molar-refractivity contribution in [1.82, 2.24) is 4.90 Å². The Morgan fingerprint density at radius 1 is 1.85 bits per heavy atom. The third-order valence-electron chi connectivity index (χ3n) is 2.43. The van der Waals surface area contributed by atoms with Gasteiger partial charge in [0.25, 0.3) is 0 Å². The Morgan fingerprint density at radius 2 is 2.54 bits per heavy atom. The van der Waals surface area contributed by atoms with Gasteiger partial charge in [0, 0.05) is 25.0 Å². The number of nitriles is 1. The van der Waals surface area contributed by atoms with E-state index in [0.717, 1.165) is 6.42 Å². The molecule has 1 aliphatic heterocycles. The van der Waals surface area contributed by atoms with Crippen molar-refractivity contribution in [2.45, 2.75) is 38.3 Å². The number of nitrogens with zero attached hydrogens (tertiary/aromatic N) is 2. The van der Waals surface area contributed by atoms with Crippen LogP contribution in [0, 0.1) is 11.3 Å². The highest BCUT2D eigenvalue weighted by Gasteiger charge is 2.31. The lowest BCUT2D eigenvalue weighted by atomic mass is 10.1. The van der Waals surface area contributed by atoms with Crippen molar-refractivity contribution in [2.75, 3.05) is 6.54 Å². The molecule has 13 heavy (non-hydrogen) atoms. The average Bonchev–Trinajstić information content (AvgIpc) is 2.41. The zero-order valence-electron chi connectivity index (χ0n) is 7.86. The second kappa shape index (κ2) is 4.24. The zero-order valence-corrected chi connectivity index (χ0v) is 7.86. The maximum Gasteiger partial charge on any atom is 0.224 e. The number of hydrogen-bond acceptors (Lipinski definition) is 3. The third-order valence-corrected chi connectivity index (χ3v) is 2.43. The summed E-state index contributed by atoms with van der Waals surface area (Å²) in [5.41, 5.74) is 5.66. The van der Waals surface area contributed by atoms with Gasteiger partial charge in [-0.25, -0.2) is 0 Å². The van der Waals surface area contributed by atoms with Crippen LogP contribution in [0.3, 0.4) is 0 Å². The molecule has 0 aromatic heterocycles. The maximum atomic E-state index is 11.4. The van der Waals surface area contributed by atoms with E-state index < -0.39 is 0 Å². The summed E-state index contributed by atoms with van der Waals surface area (Å²) in [6.07, 6.45) is 1.67. The second-order valence-electron chi connectivity index (χ2n) is 3.43. The Labute approximate surface area is 78.3 Å². The lowest BCUT2D eigenvalue weighted by Crippen LogP contribution is -2.37. The Balaban J connectivity index is 2.59. The monoisotopic (exact) mass is 181 g/mol. The van der Waals surface area contributed by atoms with Crippen LogP contribution in [-0.4, -0.2) is 29.4 Å². The molecule has 1 saturated heterocycles. The number of amides is 1. The summed E-state index contributed by atoms with van der Waals surface area (Å²) in [7, 11) is 0. The molecule has 4 heteroatoms. The molecule has 1 amide bonds. The summed E-state index contributed by atoms with van der Waals surface area (Å²) in [6.45, 7) is 2.60. The molecule has 0 aromatic rings. The zero-order chi connectivity index (χ0) is 9.84. The molecular formula is C9H15N3O. The predicted molar refractivity (Wildman–Crippen MR) is 48.6 cm³/mol. The van der Waals surface area contributed by atoms with Gasteiger partial charge in [-0.2, -0.15) is 5.26 Å². The van der Waals surface area contributed by atoms with Crippen molar-refractivity contribution in [3.63, 3.8) is 0 Å². The molecule has 0 spiro atoms. The van der Waals surface area contributed by atoms with Crippen molar-refractivity contribution >= 4 is 5.91 Å². The van der Waals surface area contributed by atoms with Crippen LogP contribution in [0.2, 0.25) is 0 Å². The van der Waals surface area contributed by atoms with Crippen molar-refractivity contribution in [2.24, 2.45) is 5.73 Å². The number of nitrogens with two attached hydrogens (primary N) is 1. The van der Waals surface area contributed by atoms with Gasteiger partial charge in [-0.05, 0) is 6.42 Å². The van der Waals surface area contributed by atoms with Gasteiger partial charge in [0.2, 0.25) is 5.91 Å². The van der Waals surface area contributed by atoms with Crippen LogP contribution in [0.25, 0.3) is 0 Å². The molecule has 72 valence electrons. The van der Waals surface area contributed by atoms with Crippen LogP contribution in [0.15, 0.2) is 0 Å². The molecule has 2 unspecified atom stereocenters. The summed E-state index contributed by atoms with van der Waals surface area (Å²) in [4.78, 5) is 13.1. The average molecular weight is 181 g/mol. The molecule has 0 aromatic carbocycles. The largest absolute Gasteiger partial charge is 0.337 e. The normalized spacial score (nSPS) is 24.5. The Hall–Kier alpha value is -1.08. The summed E-state index contributed by atoms with van der Waals surface area (Å²) < 4.78 is 0. The first kappa shape index (κ1) is 10.0. The molecule has 1 heterocycles. The molecule has 2 atom stereocenters. The molecule has 0 radical (unpaired) electrons. The third kappa shape index (κ3) is 2.19. The lowest BCUT2D eigenvalue weighted by Gasteiger charge is -2.24. The molecule has 4 nitrogen and oxygen atoms in total. The first-order valence-electron chi connectivity index (χ1n) is 4.61. The van der Waals surface area contributed by atoms with Crippen LogP contribution in [0.5, 0.6) is 0 Å². The van der Waals surface area contributed by atoms with E-state index in [9.17, 15) is 4.79 Å². The highest BCUT2D eigenvalue weighted by Crippen LogP contribution is 2.16. The van der Waals surface area contributed by atoms with E-state index in [4.69, 9.17) is 11.0 Å². The van der Waals surface area contributed by atoms with Gasteiger partial charge in [-0.3, -0.25) is 4.79 Å². The summed E-state index contributed by atoms with van der Waals surface area (Å²) >= 11 is 0. The SMILES string of the molecule is CCC(CC#N)N1CC(N)CC1=O. The summed E-state index contributed by atoms with van der Waals surface area (Å²) in [6, 6.07) is 2.12. The van der Waals surface area contributed by atoms with E-state index in [1.807, 2.05) is 6.92 Å². The maximum absolute atomic E-state index is 11.4. The van der Waals surface area contributed by atoms with Crippen LogP contribution in [0.4, 0.5) is 0 Å². The minimum atomic E-state index is -0.0414. The van der Waals surface area contributed by atoms with Gasteiger partial charge in [0.15, 0.2) is 0 Å². The van der Waals surface area contributed by atoms with Gasteiger partial charge in [0.05, 0.1) is 12.5 Å². The van der Waals surface area contributed by atoms with Crippen molar-refractivity contribution in [3.05, 3.63) is 0 Å². The van der Waals surface area contributed by atoms with Crippen LogP contribution in [0.1, 0.15) is 26.2 Å². The second-order valence-corrected chi connectivity index (χ2v) is 3.43.